The Morgan fingerprint density at radius 2 is 1.81 bits per heavy atom. The Hall–Kier alpha value is -1.66. The summed E-state index contributed by atoms with van der Waals surface area (Å²) in [6.45, 7) is 1.92. The van der Waals surface area contributed by atoms with Crippen LogP contribution in [-0.4, -0.2) is 6.18 Å². The largest absolute Gasteiger partial charge is 0.711 e. The molecule has 1 N–H and O–H groups in total. The molecule has 1 unspecified atom stereocenters. The lowest BCUT2D eigenvalue weighted by Crippen LogP contribution is -2.49. The number of halogens is 5. The van der Waals surface area contributed by atoms with Crippen molar-refractivity contribution in [2.75, 3.05) is 5.32 Å². The fourth-order valence-electron chi connectivity index (χ4n) is 3.59. The van der Waals surface area contributed by atoms with E-state index in [0.29, 0.717) is 17.6 Å². The van der Waals surface area contributed by atoms with Gasteiger partial charge in [0.25, 0.3) is 5.82 Å². The molecule has 0 aliphatic carbocycles. The second-order valence-electron chi connectivity index (χ2n) is 6.42. The Kier molecular flexibility index (Phi) is 5.01. The van der Waals surface area contributed by atoms with Crippen LogP contribution in [0, 0.1) is 5.21 Å². The molecule has 0 fully saturated rings. The molecule has 0 radical (unpaired) electrons. The number of rotatable bonds is 4. The molecule has 1 aromatic heterocycles. The summed E-state index contributed by atoms with van der Waals surface area (Å²) in [7, 11) is 0. The maximum absolute atomic E-state index is 14.6. The highest BCUT2D eigenvalue weighted by Gasteiger charge is 2.61. The zero-order valence-corrected chi connectivity index (χ0v) is 15.5. The van der Waals surface area contributed by atoms with Crippen molar-refractivity contribution in [1.29, 1.82) is 0 Å². The van der Waals surface area contributed by atoms with E-state index in [-0.39, 0.29) is 39.1 Å². The molecule has 26 heavy (non-hydrogen) atoms. The van der Waals surface area contributed by atoms with Crippen molar-refractivity contribution in [3.63, 3.8) is 0 Å². The first-order valence-corrected chi connectivity index (χ1v) is 9.03. The van der Waals surface area contributed by atoms with Crippen LogP contribution in [0.2, 0.25) is 10.0 Å². The Labute approximate surface area is 159 Å². The van der Waals surface area contributed by atoms with Crippen LogP contribution in [-0.2, 0) is 5.41 Å². The number of aromatic nitrogens is 1. The van der Waals surface area contributed by atoms with Crippen molar-refractivity contribution in [3.8, 4) is 0 Å². The van der Waals surface area contributed by atoms with E-state index in [9.17, 15) is 18.4 Å². The predicted octanol–water partition coefficient (Wildman–Crippen LogP) is 6.11. The lowest BCUT2D eigenvalue weighted by molar-refractivity contribution is -0.590. The van der Waals surface area contributed by atoms with Gasteiger partial charge >= 0.3 is 6.18 Å². The molecule has 0 saturated carbocycles. The number of nitrogens with one attached hydrogen (secondary N) is 1. The normalized spacial score (nSPS) is 18.8. The zero-order chi connectivity index (χ0) is 19.1. The van der Waals surface area contributed by atoms with Crippen LogP contribution in [0.15, 0.2) is 30.5 Å². The van der Waals surface area contributed by atoms with Crippen molar-refractivity contribution in [2.24, 2.45) is 0 Å². The topological polar surface area (TPSA) is 39.0 Å². The first-order chi connectivity index (χ1) is 12.2. The summed E-state index contributed by atoms with van der Waals surface area (Å²) >= 11 is 12.0. The van der Waals surface area contributed by atoms with Gasteiger partial charge in [-0.1, -0.05) is 49.4 Å². The van der Waals surface area contributed by atoms with Crippen LogP contribution in [0.3, 0.4) is 0 Å². The van der Waals surface area contributed by atoms with E-state index in [1.807, 2.05) is 6.92 Å². The third-order valence-electron chi connectivity index (χ3n) is 4.79. The molecule has 8 heteroatoms. The smallest absolute Gasteiger partial charge is 0.402 e. The minimum atomic E-state index is -4.63. The SMILES string of the molecule is CCCCCC1(C(F)(F)F)c2cc(Cl)ccc2Nc2c1cc(Cl)c[n+]2[O-]. The highest BCUT2D eigenvalue weighted by Crippen LogP contribution is 2.56. The van der Waals surface area contributed by atoms with Crippen LogP contribution in [0.25, 0.3) is 0 Å². The highest BCUT2D eigenvalue weighted by atomic mass is 35.5. The van der Waals surface area contributed by atoms with Gasteiger partial charge in [0, 0.05) is 10.6 Å². The Morgan fingerprint density at radius 3 is 2.46 bits per heavy atom. The predicted molar refractivity (Wildman–Crippen MR) is 96.1 cm³/mol. The van der Waals surface area contributed by atoms with Crippen molar-refractivity contribution >= 4 is 34.7 Å². The summed E-state index contributed by atoms with van der Waals surface area (Å²) < 4.78 is 44.0. The standard InChI is InChI=1S/C18H17Cl2F3N2O/c1-2-3-4-7-17(18(21,22)23)13-8-11(19)5-6-15(13)24-16-14(17)9-12(20)10-25(16)26/h5-6,8-10,24H,2-4,7H2,1H3. The van der Waals surface area contributed by atoms with Crippen LogP contribution < -0.4 is 10.0 Å². The maximum atomic E-state index is 14.6. The molecule has 0 amide bonds. The minimum absolute atomic E-state index is 0.0170. The minimum Gasteiger partial charge on any atom is -0.711 e. The molecular weight excluding hydrogens is 388 g/mol. The van der Waals surface area contributed by atoms with Gasteiger partial charge in [0.2, 0.25) is 0 Å². The molecule has 1 aliphatic rings. The summed E-state index contributed by atoms with van der Waals surface area (Å²) in [5.74, 6) is -0.155. The Bertz CT molecular complexity index is 842. The Morgan fingerprint density at radius 1 is 1.12 bits per heavy atom. The first kappa shape index (κ1) is 19.1. The summed E-state index contributed by atoms with van der Waals surface area (Å²) in [5.41, 5.74) is -2.27. The number of hydrogen-bond donors (Lipinski definition) is 1. The van der Waals surface area contributed by atoms with Crippen LogP contribution in [0.5, 0.6) is 0 Å². The van der Waals surface area contributed by atoms with E-state index in [4.69, 9.17) is 23.2 Å². The average molecular weight is 405 g/mol. The van der Waals surface area contributed by atoms with Gasteiger partial charge in [-0.25, -0.2) is 10.0 Å². The summed E-state index contributed by atoms with van der Waals surface area (Å²) in [6, 6.07) is 5.51. The van der Waals surface area contributed by atoms with Crippen LogP contribution in [0.4, 0.5) is 24.7 Å². The van der Waals surface area contributed by atoms with Crippen LogP contribution in [0.1, 0.15) is 43.7 Å². The summed E-state index contributed by atoms with van der Waals surface area (Å²) in [4.78, 5) is 0. The molecule has 140 valence electrons. The van der Waals surface area contributed by atoms with Gasteiger partial charge in [0.05, 0.1) is 10.6 Å². The number of fused-ring (bicyclic) bond motifs is 2. The fourth-order valence-corrected chi connectivity index (χ4v) is 3.96. The van der Waals surface area contributed by atoms with Gasteiger partial charge in [-0.05, 0) is 30.7 Å². The molecule has 2 heterocycles. The van der Waals surface area contributed by atoms with E-state index in [0.717, 1.165) is 12.6 Å². The van der Waals surface area contributed by atoms with Crippen molar-refractivity contribution < 1.29 is 17.9 Å². The van der Waals surface area contributed by atoms with Gasteiger partial charge in [0.15, 0.2) is 0 Å². The summed E-state index contributed by atoms with van der Waals surface area (Å²) in [6.07, 6.45) is -2.00. The van der Waals surface area contributed by atoms with E-state index in [2.05, 4.69) is 5.32 Å². The zero-order valence-electron chi connectivity index (χ0n) is 14.0. The number of anilines is 2. The molecule has 0 saturated heterocycles. The lowest BCUT2D eigenvalue weighted by Gasteiger charge is -2.40. The van der Waals surface area contributed by atoms with E-state index in [1.165, 1.54) is 24.3 Å². The highest BCUT2D eigenvalue weighted by molar-refractivity contribution is 6.31. The third kappa shape index (κ3) is 2.99. The molecule has 1 aliphatic heterocycles. The number of hydrogen-bond acceptors (Lipinski definition) is 2. The summed E-state index contributed by atoms with van der Waals surface area (Å²) in [5, 5.41) is 15.3. The third-order valence-corrected chi connectivity index (χ3v) is 5.23. The molecule has 0 bridgehead atoms. The first-order valence-electron chi connectivity index (χ1n) is 8.27. The number of unbranched alkanes of at least 4 members (excludes halogenated alkanes) is 2. The lowest BCUT2D eigenvalue weighted by atomic mass is 9.68. The monoisotopic (exact) mass is 404 g/mol. The van der Waals surface area contributed by atoms with Gasteiger partial charge in [-0.3, -0.25) is 0 Å². The quantitative estimate of drug-likeness (QED) is 0.379. The maximum Gasteiger partial charge on any atom is 0.402 e. The van der Waals surface area contributed by atoms with E-state index >= 15 is 0 Å². The van der Waals surface area contributed by atoms with Crippen molar-refractivity contribution in [3.05, 3.63) is 56.8 Å². The number of alkyl halides is 3. The van der Waals surface area contributed by atoms with E-state index in [1.54, 1.807) is 0 Å². The van der Waals surface area contributed by atoms with Gasteiger partial charge in [-0.2, -0.15) is 13.2 Å². The van der Waals surface area contributed by atoms with Crippen molar-refractivity contribution in [1.82, 2.24) is 0 Å². The fraction of sp³-hybridized carbons (Fsp3) is 0.389. The van der Waals surface area contributed by atoms with Crippen LogP contribution >= 0.6 is 23.2 Å². The van der Waals surface area contributed by atoms with Crippen molar-refractivity contribution in [2.45, 2.75) is 44.2 Å². The molecule has 3 nitrogen and oxygen atoms in total. The molecule has 2 aromatic rings. The number of nitrogens with zero attached hydrogens (tertiary/aromatic N) is 1. The van der Waals surface area contributed by atoms with Gasteiger partial charge in [0.1, 0.15) is 17.3 Å². The van der Waals surface area contributed by atoms with E-state index < -0.39 is 11.6 Å². The van der Waals surface area contributed by atoms with Gasteiger partial charge < -0.3 is 5.21 Å². The second-order valence-corrected chi connectivity index (χ2v) is 7.29. The molecule has 3 rings (SSSR count). The molecule has 1 atom stereocenters. The number of pyridine rings is 1. The van der Waals surface area contributed by atoms with Gasteiger partial charge in [-0.15, -0.1) is 0 Å². The Balaban J connectivity index is 2.35. The molecule has 0 spiro atoms. The molecule has 1 aromatic carbocycles. The average Bonchev–Trinajstić information content (AvgIpc) is 2.54. The second kappa shape index (κ2) is 6.82. The molecular formula is C18H17Cl2F3N2O. The number of benzene rings is 1.